The Labute approximate surface area is 245 Å². The fourth-order valence-corrected chi connectivity index (χ4v) is 6.85. The number of hydrogen-bond acceptors (Lipinski definition) is 7. The SMILES string of the molecule is COc1ccc(C2=NN(C(=O)CSc3nc4c(c(=O)n3-c3ccc(F)cc3)SCC4)C(c3ccc(C)cc3)C2)cc1. The summed E-state index contributed by atoms with van der Waals surface area (Å²) < 4.78 is 20.4. The van der Waals surface area contributed by atoms with Crippen LogP contribution in [0.25, 0.3) is 5.69 Å². The number of hydrazone groups is 1. The number of ether oxygens (including phenoxy) is 1. The number of aryl methyl sites for hydroxylation is 2. The molecule has 0 bridgehead atoms. The number of amides is 1. The summed E-state index contributed by atoms with van der Waals surface area (Å²) in [4.78, 5) is 32.6. The molecule has 7 nitrogen and oxygen atoms in total. The van der Waals surface area contributed by atoms with Crippen molar-refractivity contribution in [3.63, 3.8) is 0 Å². The van der Waals surface area contributed by atoms with Gasteiger partial charge in [-0.3, -0.25) is 14.2 Å². The Balaban J connectivity index is 1.31. The molecule has 208 valence electrons. The molecule has 3 aromatic carbocycles. The maximum Gasteiger partial charge on any atom is 0.272 e. The highest BCUT2D eigenvalue weighted by Gasteiger charge is 2.33. The van der Waals surface area contributed by atoms with Crippen LogP contribution in [0.1, 0.15) is 34.8 Å². The first kappa shape index (κ1) is 27.3. The van der Waals surface area contributed by atoms with Crippen molar-refractivity contribution in [2.24, 2.45) is 5.10 Å². The van der Waals surface area contributed by atoms with Crippen LogP contribution in [0.5, 0.6) is 5.75 Å². The number of rotatable bonds is 7. The highest BCUT2D eigenvalue weighted by molar-refractivity contribution is 8.00. The van der Waals surface area contributed by atoms with E-state index in [0.717, 1.165) is 39.6 Å². The summed E-state index contributed by atoms with van der Waals surface area (Å²) in [7, 11) is 1.62. The second-order valence-electron chi connectivity index (χ2n) is 9.82. The van der Waals surface area contributed by atoms with Crippen LogP contribution < -0.4 is 10.3 Å². The molecule has 2 aliphatic heterocycles. The smallest absolute Gasteiger partial charge is 0.272 e. The molecule has 10 heteroatoms. The summed E-state index contributed by atoms with van der Waals surface area (Å²) in [6.07, 6.45) is 1.26. The number of halogens is 1. The van der Waals surface area contributed by atoms with E-state index < -0.39 is 5.82 Å². The summed E-state index contributed by atoms with van der Waals surface area (Å²) in [5.74, 6) is 0.971. The van der Waals surface area contributed by atoms with Crippen molar-refractivity contribution in [1.29, 1.82) is 0 Å². The summed E-state index contributed by atoms with van der Waals surface area (Å²) >= 11 is 2.67. The lowest BCUT2D eigenvalue weighted by atomic mass is 9.97. The number of aromatic nitrogens is 2. The van der Waals surface area contributed by atoms with Gasteiger partial charge in [0.15, 0.2) is 5.16 Å². The maximum atomic E-state index is 13.8. The molecule has 0 N–H and O–H groups in total. The van der Waals surface area contributed by atoms with Gasteiger partial charge in [0.1, 0.15) is 11.6 Å². The zero-order valence-corrected chi connectivity index (χ0v) is 24.2. The number of hydrogen-bond donors (Lipinski definition) is 0. The van der Waals surface area contributed by atoms with Gasteiger partial charge < -0.3 is 4.74 Å². The average molecular weight is 587 g/mol. The van der Waals surface area contributed by atoms with E-state index in [4.69, 9.17) is 14.8 Å². The number of carbonyl (C=O) groups excluding carboxylic acids is 1. The molecule has 0 fully saturated rings. The van der Waals surface area contributed by atoms with Crippen molar-refractivity contribution in [3.8, 4) is 11.4 Å². The zero-order valence-electron chi connectivity index (χ0n) is 22.5. The van der Waals surface area contributed by atoms with Gasteiger partial charge in [-0.1, -0.05) is 41.6 Å². The molecule has 41 heavy (non-hydrogen) atoms. The quantitative estimate of drug-likeness (QED) is 0.201. The molecular formula is C31H27FN4O3S2. The van der Waals surface area contributed by atoms with Gasteiger partial charge in [0.25, 0.3) is 11.5 Å². The predicted molar refractivity (Wildman–Crippen MR) is 160 cm³/mol. The molecule has 1 aromatic heterocycles. The van der Waals surface area contributed by atoms with E-state index in [1.807, 2.05) is 55.5 Å². The van der Waals surface area contributed by atoms with Crippen LogP contribution in [-0.4, -0.2) is 44.8 Å². The lowest BCUT2D eigenvalue weighted by molar-refractivity contribution is -0.130. The van der Waals surface area contributed by atoms with Crippen molar-refractivity contribution in [3.05, 3.63) is 111 Å². The van der Waals surface area contributed by atoms with Crippen molar-refractivity contribution < 1.29 is 13.9 Å². The van der Waals surface area contributed by atoms with Crippen LogP contribution in [0.2, 0.25) is 0 Å². The molecule has 3 heterocycles. The predicted octanol–water partition coefficient (Wildman–Crippen LogP) is 5.81. The van der Waals surface area contributed by atoms with Gasteiger partial charge in [0.05, 0.1) is 40.9 Å². The summed E-state index contributed by atoms with van der Waals surface area (Å²) in [5, 5.41) is 6.74. The molecule has 0 saturated heterocycles. The van der Waals surface area contributed by atoms with Gasteiger partial charge in [-0.2, -0.15) is 5.10 Å². The Bertz CT molecular complexity index is 1690. The molecule has 6 rings (SSSR count). The van der Waals surface area contributed by atoms with Crippen molar-refractivity contribution in [2.75, 3.05) is 18.6 Å². The van der Waals surface area contributed by atoms with E-state index in [1.165, 1.54) is 40.2 Å². The van der Waals surface area contributed by atoms with Gasteiger partial charge in [-0.05, 0) is 66.6 Å². The Hall–Kier alpha value is -3.89. The molecular weight excluding hydrogens is 559 g/mol. The van der Waals surface area contributed by atoms with Crippen LogP contribution in [0.3, 0.4) is 0 Å². The van der Waals surface area contributed by atoms with Gasteiger partial charge in [-0.25, -0.2) is 14.4 Å². The van der Waals surface area contributed by atoms with Gasteiger partial charge in [0.2, 0.25) is 0 Å². The fraction of sp³-hybridized carbons (Fsp3) is 0.226. The Kier molecular flexibility index (Phi) is 7.68. The van der Waals surface area contributed by atoms with Crippen molar-refractivity contribution >= 4 is 35.1 Å². The Morgan fingerprint density at radius 1 is 1.07 bits per heavy atom. The first-order valence-corrected chi connectivity index (χ1v) is 15.2. The molecule has 2 aliphatic rings. The monoisotopic (exact) mass is 586 g/mol. The minimum atomic E-state index is -0.392. The minimum absolute atomic E-state index is 0.0291. The molecule has 4 aromatic rings. The molecule has 1 unspecified atom stereocenters. The lowest BCUT2D eigenvalue weighted by Crippen LogP contribution is -2.29. The highest BCUT2D eigenvalue weighted by Crippen LogP contribution is 2.35. The fourth-order valence-electron chi connectivity index (χ4n) is 4.95. The second-order valence-corrected chi connectivity index (χ2v) is 11.9. The normalized spacial score (nSPS) is 16.0. The van der Waals surface area contributed by atoms with Crippen LogP contribution in [0, 0.1) is 12.7 Å². The van der Waals surface area contributed by atoms with E-state index in [0.29, 0.717) is 28.6 Å². The molecule has 0 spiro atoms. The average Bonchev–Trinajstić information content (AvgIpc) is 3.65. The highest BCUT2D eigenvalue weighted by atomic mass is 32.2. The minimum Gasteiger partial charge on any atom is -0.497 e. The first-order chi connectivity index (χ1) is 19.9. The Morgan fingerprint density at radius 2 is 1.80 bits per heavy atom. The zero-order chi connectivity index (χ0) is 28.5. The number of methoxy groups -OCH3 is 1. The van der Waals surface area contributed by atoms with Crippen LogP contribution in [0.15, 0.2) is 92.7 Å². The van der Waals surface area contributed by atoms with Crippen molar-refractivity contribution in [1.82, 2.24) is 14.6 Å². The number of fused-ring (bicyclic) bond motifs is 1. The third kappa shape index (κ3) is 5.54. The van der Waals surface area contributed by atoms with Gasteiger partial charge in [0, 0.05) is 18.6 Å². The van der Waals surface area contributed by atoms with E-state index in [-0.39, 0.29) is 23.3 Å². The molecule has 1 amide bonds. The van der Waals surface area contributed by atoms with Gasteiger partial charge >= 0.3 is 0 Å². The van der Waals surface area contributed by atoms with E-state index in [9.17, 15) is 14.0 Å². The van der Waals surface area contributed by atoms with E-state index >= 15 is 0 Å². The lowest BCUT2D eigenvalue weighted by Gasteiger charge is -2.22. The molecule has 1 atom stereocenters. The second kappa shape index (κ2) is 11.5. The maximum absolute atomic E-state index is 13.8. The third-order valence-electron chi connectivity index (χ3n) is 7.13. The summed E-state index contributed by atoms with van der Waals surface area (Å²) in [6, 6.07) is 21.3. The van der Waals surface area contributed by atoms with Crippen LogP contribution in [-0.2, 0) is 11.2 Å². The van der Waals surface area contributed by atoms with Crippen molar-refractivity contribution in [2.45, 2.75) is 35.9 Å². The number of nitrogens with zero attached hydrogens (tertiary/aromatic N) is 4. The van der Waals surface area contributed by atoms with Crippen LogP contribution >= 0.6 is 23.5 Å². The van der Waals surface area contributed by atoms with Crippen LogP contribution in [0.4, 0.5) is 4.39 Å². The number of thioether (sulfide) groups is 2. The summed E-state index contributed by atoms with van der Waals surface area (Å²) in [5.41, 5.74) is 4.92. The largest absolute Gasteiger partial charge is 0.497 e. The third-order valence-corrected chi connectivity index (χ3v) is 9.16. The topological polar surface area (TPSA) is 76.8 Å². The molecule has 0 saturated carbocycles. The van der Waals surface area contributed by atoms with Gasteiger partial charge in [-0.15, -0.1) is 11.8 Å². The number of carbonyl (C=O) groups is 1. The van der Waals surface area contributed by atoms with E-state index in [2.05, 4.69) is 0 Å². The summed E-state index contributed by atoms with van der Waals surface area (Å²) in [6.45, 7) is 2.03. The first-order valence-electron chi connectivity index (χ1n) is 13.2. The number of benzene rings is 3. The van der Waals surface area contributed by atoms with E-state index in [1.54, 1.807) is 24.3 Å². The molecule has 0 aliphatic carbocycles. The Morgan fingerprint density at radius 3 is 2.51 bits per heavy atom. The standard InChI is InChI=1S/C31H27FN4O3S2/c1-19-3-5-21(6-4-19)27-17-26(20-7-13-24(39-2)14-8-20)34-36(27)28(37)18-41-31-33-25-15-16-40-29(25)30(38)35(31)23-11-9-22(32)10-12-23/h3-14,27H,15-18H2,1-2H3. The molecule has 0 radical (unpaired) electrons.